The van der Waals surface area contributed by atoms with Crippen LogP contribution >= 0.6 is 0 Å². The Morgan fingerprint density at radius 3 is 2.57 bits per heavy atom. The number of benzene rings is 1. The molecule has 0 unspecified atom stereocenters. The van der Waals surface area contributed by atoms with E-state index in [1.165, 1.54) is 0 Å². The van der Waals surface area contributed by atoms with Crippen molar-refractivity contribution in [3.63, 3.8) is 0 Å². The summed E-state index contributed by atoms with van der Waals surface area (Å²) in [4.78, 5) is 13.8. The molecule has 1 N–H and O–H groups in total. The molecule has 0 spiro atoms. The minimum Gasteiger partial charge on any atom is -0.497 e. The van der Waals surface area contributed by atoms with E-state index in [2.05, 4.69) is 5.32 Å². The van der Waals surface area contributed by atoms with Crippen LogP contribution in [0, 0.1) is 0 Å². The van der Waals surface area contributed by atoms with Crippen LogP contribution in [0.2, 0.25) is 0 Å². The van der Waals surface area contributed by atoms with Gasteiger partial charge in [-0.25, -0.2) is 8.42 Å². The van der Waals surface area contributed by atoms with E-state index in [0.717, 1.165) is 5.75 Å². The number of nitrogens with zero attached hydrogens (tertiary/aromatic N) is 1. The zero-order chi connectivity index (χ0) is 15.5. The van der Waals surface area contributed by atoms with Gasteiger partial charge in [0.2, 0.25) is 5.91 Å². The SMILES string of the molecule is COc1ccc(NC(=O)CN(C)[C@H]2CCS(=O)(=O)C2)cc1. The van der Waals surface area contributed by atoms with Crippen LogP contribution in [0.15, 0.2) is 24.3 Å². The summed E-state index contributed by atoms with van der Waals surface area (Å²) in [6, 6.07) is 6.98. The molecule has 6 nitrogen and oxygen atoms in total. The maximum absolute atomic E-state index is 12.0. The average molecular weight is 312 g/mol. The lowest BCUT2D eigenvalue weighted by Crippen LogP contribution is -2.38. The van der Waals surface area contributed by atoms with Crippen molar-refractivity contribution in [3.05, 3.63) is 24.3 Å². The molecule has 0 saturated carbocycles. The van der Waals surface area contributed by atoms with Gasteiger partial charge in [0.25, 0.3) is 0 Å². The minimum absolute atomic E-state index is 0.0726. The molecular formula is C14H20N2O4S. The Hall–Kier alpha value is -1.60. The van der Waals surface area contributed by atoms with Gasteiger partial charge in [0, 0.05) is 11.7 Å². The van der Waals surface area contributed by atoms with Crippen molar-refractivity contribution in [1.29, 1.82) is 0 Å². The lowest BCUT2D eigenvalue weighted by molar-refractivity contribution is -0.117. The second-order valence-corrected chi connectivity index (χ2v) is 7.48. The van der Waals surface area contributed by atoms with Gasteiger partial charge in [0.1, 0.15) is 5.75 Å². The molecule has 0 aliphatic carbocycles. The highest BCUT2D eigenvalue weighted by Gasteiger charge is 2.31. The molecular weight excluding hydrogens is 292 g/mol. The van der Waals surface area contributed by atoms with Gasteiger partial charge in [-0.2, -0.15) is 0 Å². The number of hydrogen-bond donors (Lipinski definition) is 1. The van der Waals surface area contributed by atoms with Crippen molar-refractivity contribution in [2.75, 3.05) is 37.5 Å². The van der Waals surface area contributed by atoms with Gasteiger partial charge in [0.05, 0.1) is 25.2 Å². The van der Waals surface area contributed by atoms with Crippen LogP contribution in [0.25, 0.3) is 0 Å². The smallest absolute Gasteiger partial charge is 0.238 e. The van der Waals surface area contributed by atoms with Crippen molar-refractivity contribution in [2.24, 2.45) is 0 Å². The maximum atomic E-state index is 12.0. The molecule has 7 heteroatoms. The van der Waals surface area contributed by atoms with Crippen molar-refractivity contribution in [1.82, 2.24) is 4.90 Å². The second kappa shape index (κ2) is 6.44. The first kappa shape index (κ1) is 15.8. The number of carbonyl (C=O) groups is 1. The number of nitrogens with one attached hydrogen (secondary N) is 1. The molecule has 21 heavy (non-hydrogen) atoms. The van der Waals surface area contributed by atoms with Gasteiger partial charge < -0.3 is 10.1 Å². The Kier molecular flexibility index (Phi) is 4.84. The zero-order valence-corrected chi connectivity index (χ0v) is 13.0. The summed E-state index contributed by atoms with van der Waals surface area (Å²) in [6.07, 6.45) is 0.592. The molecule has 1 aliphatic rings. The second-order valence-electron chi connectivity index (χ2n) is 5.25. The van der Waals surface area contributed by atoms with E-state index in [-0.39, 0.29) is 30.0 Å². The first-order valence-corrected chi connectivity index (χ1v) is 8.56. The van der Waals surface area contributed by atoms with Crippen molar-refractivity contribution in [3.8, 4) is 5.75 Å². The highest BCUT2D eigenvalue weighted by atomic mass is 32.2. The molecule has 1 aromatic rings. The zero-order valence-electron chi connectivity index (χ0n) is 12.2. The number of carbonyl (C=O) groups excluding carboxylic acids is 1. The number of rotatable bonds is 5. The molecule has 1 saturated heterocycles. The molecule has 0 bridgehead atoms. The van der Waals surface area contributed by atoms with Crippen LogP contribution in [0.5, 0.6) is 5.75 Å². The molecule has 1 aliphatic heterocycles. The van der Waals surface area contributed by atoms with E-state index < -0.39 is 9.84 Å². The van der Waals surface area contributed by atoms with Crippen LogP contribution in [0.4, 0.5) is 5.69 Å². The number of ether oxygens (including phenoxy) is 1. The lowest BCUT2D eigenvalue weighted by Gasteiger charge is -2.22. The highest BCUT2D eigenvalue weighted by molar-refractivity contribution is 7.91. The molecule has 1 amide bonds. The highest BCUT2D eigenvalue weighted by Crippen LogP contribution is 2.17. The van der Waals surface area contributed by atoms with E-state index in [4.69, 9.17) is 4.74 Å². The predicted octanol–water partition coefficient (Wildman–Crippen LogP) is 0.753. The van der Waals surface area contributed by atoms with E-state index >= 15 is 0 Å². The normalized spacial score (nSPS) is 20.4. The molecule has 1 atom stereocenters. The van der Waals surface area contributed by atoms with Crippen LogP contribution in [0.1, 0.15) is 6.42 Å². The quantitative estimate of drug-likeness (QED) is 0.868. The summed E-state index contributed by atoms with van der Waals surface area (Å²) >= 11 is 0. The van der Waals surface area contributed by atoms with Gasteiger partial charge in [-0.3, -0.25) is 9.69 Å². The fraction of sp³-hybridized carbons (Fsp3) is 0.500. The Morgan fingerprint density at radius 2 is 2.05 bits per heavy atom. The average Bonchev–Trinajstić information content (AvgIpc) is 2.80. The van der Waals surface area contributed by atoms with Crippen LogP contribution in [-0.2, 0) is 14.6 Å². The Morgan fingerprint density at radius 1 is 1.38 bits per heavy atom. The van der Waals surface area contributed by atoms with E-state index in [0.29, 0.717) is 12.1 Å². The van der Waals surface area contributed by atoms with Crippen LogP contribution < -0.4 is 10.1 Å². The Balaban J connectivity index is 1.86. The van der Waals surface area contributed by atoms with Crippen molar-refractivity contribution in [2.45, 2.75) is 12.5 Å². The topological polar surface area (TPSA) is 75.7 Å². The van der Waals surface area contributed by atoms with Crippen LogP contribution in [-0.4, -0.2) is 57.5 Å². The molecule has 0 radical (unpaired) electrons. The van der Waals surface area contributed by atoms with Gasteiger partial charge in [0.15, 0.2) is 9.84 Å². The molecule has 1 aromatic carbocycles. The number of methoxy groups -OCH3 is 1. The number of anilines is 1. The van der Waals surface area contributed by atoms with E-state index in [1.54, 1.807) is 43.3 Å². The van der Waals surface area contributed by atoms with E-state index in [1.807, 2.05) is 0 Å². The summed E-state index contributed by atoms with van der Waals surface area (Å²) in [5.74, 6) is 0.912. The largest absolute Gasteiger partial charge is 0.497 e. The standard InChI is InChI=1S/C14H20N2O4S/c1-16(12-7-8-21(18,19)10-12)9-14(17)15-11-3-5-13(20-2)6-4-11/h3-6,12H,7-10H2,1-2H3,(H,15,17)/t12-/m0/s1. The van der Waals surface area contributed by atoms with Gasteiger partial charge in [-0.05, 0) is 37.7 Å². The monoisotopic (exact) mass is 312 g/mol. The maximum Gasteiger partial charge on any atom is 0.238 e. The minimum atomic E-state index is -2.93. The first-order chi connectivity index (χ1) is 9.89. The van der Waals surface area contributed by atoms with Crippen molar-refractivity contribution >= 4 is 21.4 Å². The third-order valence-corrected chi connectivity index (χ3v) is 5.35. The lowest BCUT2D eigenvalue weighted by atomic mass is 10.2. The van der Waals surface area contributed by atoms with Gasteiger partial charge >= 0.3 is 0 Å². The summed E-state index contributed by atoms with van der Waals surface area (Å²) in [7, 11) is 0.428. The first-order valence-electron chi connectivity index (χ1n) is 6.74. The summed E-state index contributed by atoms with van der Waals surface area (Å²) < 4.78 is 27.9. The number of hydrogen-bond acceptors (Lipinski definition) is 5. The molecule has 116 valence electrons. The summed E-state index contributed by atoms with van der Waals surface area (Å²) in [5, 5.41) is 2.78. The third-order valence-electron chi connectivity index (χ3n) is 3.60. The molecule has 1 heterocycles. The predicted molar refractivity (Wildman–Crippen MR) is 81.3 cm³/mol. The van der Waals surface area contributed by atoms with Gasteiger partial charge in [-0.15, -0.1) is 0 Å². The Bertz CT molecular complexity index is 598. The molecule has 0 aromatic heterocycles. The number of amides is 1. The molecule has 2 rings (SSSR count). The Labute approximate surface area is 125 Å². The van der Waals surface area contributed by atoms with Crippen molar-refractivity contribution < 1.29 is 17.9 Å². The van der Waals surface area contributed by atoms with Crippen LogP contribution in [0.3, 0.4) is 0 Å². The summed E-state index contributed by atoms with van der Waals surface area (Å²) in [6.45, 7) is 0.173. The fourth-order valence-electron chi connectivity index (χ4n) is 2.35. The number of sulfone groups is 1. The number of likely N-dealkylation sites (N-methyl/N-ethyl adjacent to an activating group) is 1. The summed E-state index contributed by atoms with van der Waals surface area (Å²) in [5.41, 5.74) is 0.688. The third kappa shape index (κ3) is 4.44. The molecule has 1 fully saturated rings. The van der Waals surface area contributed by atoms with Gasteiger partial charge in [-0.1, -0.05) is 0 Å². The fourth-order valence-corrected chi connectivity index (χ4v) is 4.16. The van der Waals surface area contributed by atoms with E-state index in [9.17, 15) is 13.2 Å².